The largest absolute Gasteiger partial charge is 0.384 e. The molecule has 3 N–H and O–H groups in total. The Labute approximate surface area is 105 Å². The highest BCUT2D eigenvalue weighted by Gasteiger charge is 2.07. The zero-order valence-corrected chi connectivity index (χ0v) is 10.3. The summed E-state index contributed by atoms with van der Waals surface area (Å²) in [4.78, 5) is 5.35. The van der Waals surface area contributed by atoms with E-state index >= 15 is 0 Å². The van der Waals surface area contributed by atoms with Crippen molar-refractivity contribution in [3.8, 4) is 0 Å². The zero-order valence-electron chi connectivity index (χ0n) is 9.47. The number of nitrogens with one attached hydrogen (secondary N) is 1. The monoisotopic (exact) mass is 243 g/mol. The van der Waals surface area contributed by atoms with Gasteiger partial charge in [-0.15, -0.1) is 0 Å². The molecule has 86 valence electrons. The van der Waals surface area contributed by atoms with Gasteiger partial charge in [0.15, 0.2) is 0 Å². The normalized spacial score (nSPS) is 10.2. The van der Waals surface area contributed by atoms with Crippen LogP contribution >= 0.6 is 11.8 Å². The summed E-state index contributed by atoms with van der Waals surface area (Å²) in [6, 6.07) is 11.8. The molecule has 0 amide bonds. The second-order valence-electron chi connectivity index (χ2n) is 3.68. The van der Waals surface area contributed by atoms with E-state index in [0.717, 1.165) is 9.92 Å². The summed E-state index contributed by atoms with van der Waals surface area (Å²) in [7, 11) is 0. The molecule has 0 aliphatic heterocycles. The van der Waals surface area contributed by atoms with E-state index in [2.05, 4.69) is 24.0 Å². The van der Waals surface area contributed by atoms with Crippen LogP contribution < -0.4 is 5.73 Å². The highest BCUT2D eigenvalue weighted by molar-refractivity contribution is 7.99. The lowest BCUT2D eigenvalue weighted by atomic mass is 10.2. The topological polar surface area (TPSA) is 62.8 Å². The fourth-order valence-electron chi connectivity index (χ4n) is 1.40. The first-order chi connectivity index (χ1) is 8.16. The van der Waals surface area contributed by atoms with E-state index in [1.165, 1.54) is 17.3 Å². The van der Waals surface area contributed by atoms with Crippen LogP contribution in [0.2, 0.25) is 0 Å². The van der Waals surface area contributed by atoms with E-state index in [9.17, 15) is 0 Å². The predicted octanol–water partition coefficient (Wildman–Crippen LogP) is 2.83. The Hall–Kier alpha value is -1.81. The number of pyridine rings is 1. The number of aromatic nitrogens is 1. The van der Waals surface area contributed by atoms with Crippen molar-refractivity contribution in [3.63, 3.8) is 0 Å². The molecule has 0 aliphatic rings. The number of aryl methyl sites for hydroxylation is 1. The van der Waals surface area contributed by atoms with Gasteiger partial charge in [-0.1, -0.05) is 29.5 Å². The number of hydrogen-bond acceptors (Lipinski definition) is 3. The molecule has 0 bridgehead atoms. The summed E-state index contributed by atoms with van der Waals surface area (Å²) >= 11 is 1.52. The zero-order chi connectivity index (χ0) is 12.3. The summed E-state index contributed by atoms with van der Waals surface area (Å²) < 4.78 is 0. The molecule has 0 saturated carbocycles. The lowest BCUT2D eigenvalue weighted by molar-refractivity contribution is 1.11. The van der Waals surface area contributed by atoms with Gasteiger partial charge in [-0.3, -0.25) is 5.41 Å². The standard InChI is InChI=1S/C13H13N3S/c1-9-4-6-10(7-5-9)17-13-11(12(14)15)3-2-8-16-13/h2-8H,1H3,(H3,14,15). The lowest BCUT2D eigenvalue weighted by Crippen LogP contribution is -2.12. The van der Waals surface area contributed by atoms with E-state index < -0.39 is 0 Å². The van der Waals surface area contributed by atoms with Crippen LogP contribution in [0.5, 0.6) is 0 Å². The number of benzene rings is 1. The van der Waals surface area contributed by atoms with Gasteiger partial charge in [-0.05, 0) is 31.2 Å². The molecule has 17 heavy (non-hydrogen) atoms. The molecular weight excluding hydrogens is 230 g/mol. The van der Waals surface area contributed by atoms with Crippen LogP contribution in [0.3, 0.4) is 0 Å². The van der Waals surface area contributed by atoms with Crippen LogP contribution in [-0.4, -0.2) is 10.8 Å². The molecule has 0 aliphatic carbocycles. The fraction of sp³-hybridized carbons (Fsp3) is 0.0769. The Bertz CT molecular complexity index is 535. The number of nitrogen functional groups attached to an aromatic ring is 1. The average molecular weight is 243 g/mol. The molecule has 3 nitrogen and oxygen atoms in total. The molecule has 0 atom stereocenters. The molecule has 1 aromatic heterocycles. The summed E-state index contributed by atoms with van der Waals surface area (Å²) in [5.74, 6) is 0.0488. The SMILES string of the molecule is Cc1ccc(Sc2ncccc2C(=N)N)cc1. The van der Waals surface area contributed by atoms with Crippen LogP contribution in [-0.2, 0) is 0 Å². The van der Waals surface area contributed by atoms with E-state index in [-0.39, 0.29) is 5.84 Å². The highest BCUT2D eigenvalue weighted by atomic mass is 32.2. The van der Waals surface area contributed by atoms with Gasteiger partial charge < -0.3 is 5.73 Å². The van der Waals surface area contributed by atoms with Crippen molar-refractivity contribution in [3.05, 3.63) is 53.7 Å². The van der Waals surface area contributed by atoms with Crippen molar-refractivity contribution >= 4 is 17.6 Å². The molecule has 2 rings (SSSR count). The number of rotatable bonds is 3. The van der Waals surface area contributed by atoms with Gasteiger partial charge in [0.2, 0.25) is 0 Å². The summed E-state index contributed by atoms with van der Waals surface area (Å²) in [5, 5.41) is 8.27. The maximum atomic E-state index is 7.50. The summed E-state index contributed by atoms with van der Waals surface area (Å²) in [5.41, 5.74) is 7.43. The quantitative estimate of drug-likeness (QED) is 0.643. The summed E-state index contributed by atoms with van der Waals surface area (Å²) in [6.07, 6.45) is 1.71. The summed E-state index contributed by atoms with van der Waals surface area (Å²) in [6.45, 7) is 2.05. The molecule has 2 aromatic rings. The molecule has 0 radical (unpaired) electrons. The van der Waals surface area contributed by atoms with E-state index in [4.69, 9.17) is 11.1 Å². The van der Waals surface area contributed by atoms with Gasteiger partial charge in [-0.25, -0.2) is 4.98 Å². The van der Waals surface area contributed by atoms with Crippen molar-refractivity contribution in [1.29, 1.82) is 5.41 Å². The number of hydrogen-bond donors (Lipinski definition) is 2. The van der Waals surface area contributed by atoms with Crippen molar-refractivity contribution in [2.45, 2.75) is 16.8 Å². The second-order valence-corrected chi connectivity index (χ2v) is 4.75. The molecule has 1 heterocycles. The van der Waals surface area contributed by atoms with Crippen molar-refractivity contribution in [1.82, 2.24) is 4.98 Å². The first kappa shape index (κ1) is 11.7. The minimum atomic E-state index is 0.0488. The van der Waals surface area contributed by atoms with E-state index in [1.807, 2.05) is 18.2 Å². The Morgan fingerprint density at radius 2 is 1.94 bits per heavy atom. The second kappa shape index (κ2) is 5.01. The number of amidine groups is 1. The van der Waals surface area contributed by atoms with Gasteiger partial charge in [-0.2, -0.15) is 0 Å². The van der Waals surface area contributed by atoms with Crippen LogP contribution in [0.4, 0.5) is 0 Å². The smallest absolute Gasteiger partial charge is 0.125 e. The maximum absolute atomic E-state index is 7.50. The number of nitrogens with zero attached hydrogens (tertiary/aromatic N) is 1. The molecule has 1 aromatic carbocycles. The van der Waals surface area contributed by atoms with Gasteiger partial charge >= 0.3 is 0 Å². The fourth-order valence-corrected chi connectivity index (χ4v) is 2.29. The Morgan fingerprint density at radius 3 is 2.59 bits per heavy atom. The van der Waals surface area contributed by atoms with Gasteiger partial charge in [0.25, 0.3) is 0 Å². The van der Waals surface area contributed by atoms with Crippen molar-refractivity contribution < 1.29 is 0 Å². The predicted molar refractivity (Wildman–Crippen MR) is 70.6 cm³/mol. The first-order valence-corrected chi connectivity index (χ1v) is 6.02. The Balaban J connectivity index is 2.30. The molecule has 0 saturated heterocycles. The van der Waals surface area contributed by atoms with Crippen LogP contribution in [0.1, 0.15) is 11.1 Å². The van der Waals surface area contributed by atoms with Crippen LogP contribution in [0.15, 0.2) is 52.5 Å². The Morgan fingerprint density at radius 1 is 1.24 bits per heavy atom. The van der Waals surface area contributed by atoms with Crippen molar-refractivity contribution in [2.75, 3.05) is 0 Å². The maximum Gasteiger partial charge on any atom is 0.125 e. The van der Waals surface area contributed by atoms with E-state index in [1.54, 1.807) is 12.3 Å². The third kappa shape index (κ3) is 2.85. The van der Waals surface area contributed by atoms with Crippen molar-refractivity contribution in [2.24, 2.45) is 5.73 Å². The average Bonchev–Trinajstić information content (AvgIpc) is 2.32. The molecular formula is C13H13N3S. The Kier molecular flexibility index (Phi) is 3.44. The molecule has 4 heteroatoms. The minimum absolute atomic E-state index is 0.0488. The molecule has 0 spiro atoms. The number of nitrogens with two attached hydrogens (primary N) is 1. The molecule has 0 unspecified atom stereocenters. The third-order valence-electron chi connectivity index (χ3n) is 2.30. The first-order valence-electron chi connectivity index (χ1n) is 5.21. The van der Waals surface area contributed by atoms with E-state index in [0.29, 0.717) is 5.56 Å². The van der Waals surface area contributed by atoms with Crippen LogP contribution in [0.25, 0.3) is 0 Å². The third-order valence-corrected chi connectivity index (χ3v) is 3.32. The van der Waals surface area contributed by atoms with Gasteiger partial charge in [0, 0.05) is 16.7 Å². The van der Waals surface area contributed by atoms with Gasteiger partial charge in [0.05, 0.1) is 0 Å². The molecule has 0 fully saturated rings. The van der Waals surface area contributed by atoms with Crippen LogP contribution in [0, 0.1) is 12.3 Å². The lowest BCUT2D eigenvalue weighted by Gasteiger charge is -2.06. The highest BCUT2D eigenvalue weighted by Crippen LogP contribution is 2.28. The van der Waals surface area contributed by atoms with Gasteiger partial charge in [0.1, 0.15) is 10.9 Å². The minimum Gasteiger partial charge on any atom is -0.384 e.